The van der Waals surface area contributed by atoms with Gasteiger partial charge in [0.15, 0.2) is 0 Å². The second-order valence-corrected chi connectivity index (χ2v) is 10.3. The van der Waals surface area contributed by atoms with Crippen LogP contribution >= 0.6 is 0 Å². The van der Waals surface area contributed by atoms with Crippen molar-refractivity contribution in [3.05, 3.63) is 0 Å². The van der Waals surface area contributed by atoms with Gasteiger partial charge >= 0.3 is 0 Å². The zero-order valence-corrected chi connectivity index (χ0v) is 16.5. The van der Waals surface area contributed by atoms with Crippen molar-refractivity contribution >= 4 is 5.78 Å². The molecule has 0 amide bonds. The van der Waals surface area contributed by atoms with Gasteiger partial charge in [-0.15, -0.1) is 0 Å². The normalized spacial score (nSPS) is 52.1. The third-order valence-electron chi connectivity index (χ3n) is 8.75. The topological polar surface area (TPSA) is 37.3 Å². The van der Waals surface area contributed by atoms with E-state index in [9.17, 15) is 9.90 Å². The highest BCUT2D eigenvalue weighted by Gasteiger charge is 2.54. The Morgan fingerprint density at radius 2 is 1.75 bits per heavy atom. The average molecular weight is 335 g/mol. The van der Waals surface area contributed by atoms with E-state index in [0.717, 1.165) is 37.5 Å². The highest BCUT2D eigenvalue weighted by atomic mass is 16.3. The van der Waals surface area contributed by atoms with Crippen LogP contribution in [0.4, 0.5) is 0 Å². The summed E-state index contributed by atoms with van der Waals surface area (Å²) in [5.74, 6) is 2.89. The van der Waals surface area contributed by atoms with Crippen LogP contribution in [0.5, 0.6) is 0 Å². The molecule has 2 nitrogen and oxygen atoms in total. The summed E-state index contributed by atoms with van der Waals surface area (Å²) in [4.78, 5) is 12.2. The van der Waals surface area contributed by atoms with Crippen molar-refractivity contribution in [2.75, 3.05) is 0 Å². The molecule has 0 heterocycles. The smallest absolute Gasteiger partial charge is 0.133 e. The third-order valence-corrected chi connectivity index (χ3v) is 8.75. The van der Waals surface area contributed by atoms with E-state index in [1.165, 1.54) is 32.1 Å². The lowest BCUT2D eigenvalue weighted by Gasteiger charge is -2.54. The molecule has 7 atom stereocenters. The van der Waals surface area contributed by atoms with Gasteiger partial charge in [-0.05, 0) is 100 Å². The number of carbonyl (C=O) groups excluding carboxylic acids is 1. The molecule has 1 unspecified atom stereocenters. The van der Waals surface area contributed by atoms with E-state index in [1.54, 1.807) is 0 Å². The molecule has 0 aromatic carbocycles. The first-order valence-corrected chi connectivity index (χ1v) is 10.3. The standard InChI is InChI=1S/C22H38O2/c1-6-22(5)18(15(2)23)9-10-19(22)16-7-8-17-14-21(4,24)12-11-20(17,3)13-16/h16-19,24H,6-14H2,1-5H3/t16-,17+,18?,19+,20-,21-,22-/m1/s1. The molecular weight excluding hydrogens is 296 g/mol. The van der Waals surface area contributed by atoms with Crippen molar-refractivity contribution in [1.82, 2.24) is 0 Å². The summed E-state index contributed by atoms with van der Waals surface area (Å²) >= 11 is 0. The molecule has 3 aliphatic rings. The molecule has 138 valence electrons. The summed E-state index contributed by atoms with van der Waals surface area (Å²) in [7, 11) is 0. The second kappa shape index (κ2) is 6.11. The first-order chi connectivity index (χ1) is 11.1. The first kappa shape index (κ1) is 18.4. The summed E-state index contributed by atoms with van der Waals surface area (Å²) in [5, 5.41) is 10.5. The third kappa shape index (κ3) is 2.97. The minimum atomic E-state index is -0.442. The van der Waals surface area contributed by atoms with E-state index in [4.69, 9.17) is 0 Å². The lowest BCUT2D eigenvalue weighted by atomic mass is 9.52. The van der Waals surface area contributed by atoms with E-state index in [1.807, 2.05) is 13.8 Å². The fourth-order valence-electron chi connectivity index (χ4n) is 7.03. The van der Waals surface area contributed by atoms with Gasteiger partial charge in [-0.3, -0.25) is 4.79 Å². The lowest BCUT2D eigenvalue weighted by molar-refractivity contribution is -0.125. The largest absolute Gasteiger partial charge is 0.390 e. The van der Waals surface area contributed by atoms with E-state index >= 15 is 0 Å². The Bertz CT molecular complexity index is 496. The molecule has 0 bridgehead atoms. The maximum absolute atomic E-state index is 12.2. The Morgan fingerprint density at radius 1 is 1.04 bits per heavy atom. The summed E-state index contributed by atoms with van der Waals surface area (Å²) in [6.45, 7) is 11.0. The molecule has 0 aromatic rings. The van der Waals surface area contributed by atoms with Crippen molar-refractivity contribution in [3.63, 3.8) is 0 Å². The van der Waals surface area contributed by atoms with Gasteiger partial charge in [0.25, 0.3) is 0 Å². The molecule has 3 fully saturated rings. The molecule has 24 heavy (non-hydrogen) atoms. The highest BCUT2D eigenvalue weighted by molar-refractivity contribution is 5.79. The number of rotatable bonds is 3. The van der Waals surface area contributed by atoms with E-state index in [2.05, 4.69) is 20.8 Å². The Morgan fingerprint density at radius 3 is 2.38 bits per heavy atom. The Labute approximate surface area is 148 Å². The minimum absolute atomic E-state index is 0.208. The van der Waals surface area contributed by atoms with E-state index in [-0.39, 0.29) is 11.3 Å². The number of hydrogen-bond acceptors (Lipinski definition) is 2. The van der Waals surface area contributed by atoms with Crippen LogP contribution in [0, 0.1) is 34.5 Å². The molecular formula is C22H38O2. The zero-order chi connectivity index (χ0) is 17.8. The molecule has 3 saturated carbocycles. The minimum Gasteiger partial charge on any atom is -0.390 e. The fraction of sp³-hybridized carbons (Fsp3) is 0.955. The van der Waals surface area contributed by atoms with Crippen molar-refractivity contribution in [3.8, 4) is 0 Å². The van der Waals surface area contributed by atoms with Crippen molar-refractivity contribution < 1.29 is 9.90 Å². The van der Waals surface area contributed by atoms with Crippen LogP contribution in [0.2, 0.25) is 0 Å². The number of carbonyl (C=O) groups is 1. The number of Topliss-reactive ketones (excluding diaryl/α,β-unsaturated/α-hetero) is 1. The Balaban J connectivity index is 1.77. The van der Waals surface area contributed by atoms with Gasteiger partial charge in [-0.1, -0.05) is 20.8 Å². The molecule has 0 saturated heterocycles. The molecule has 1 N–H and O–H groups in total. The Kier molecular flexibility index (Phi) is 4.69. The molecule has 3 aliphatic carbocycles. The molecule has 0 aliphatic heterocycles. The van der Waals surface area contributed by atoms with Crippen LogP contribution < -0.4 is 0 Å². The van der Waals surface area contributed by atoms with Crippen LogP contribution in [0.1, 0.15) is 92.4 Å². The van der Waals surface area contributed by atoms with Gasteiger partial charge in [0.05, 0.1) is 5.60 Å². The van der Waals surface area contributed by atoms with Crippen molar-refractivity contribution in [2.24, 2.45) is 34.5 Å². The fourth-order valence-corrected chi connectivity index (χ4v) is 7.03. The Hall–Kier alpha value is -0.370. The van der Waals surface area contributed by atoms with Crippen molar-refractivity contribution in [1.29, 1.82) is 0 Å². The maximum atomic E-state index is 12.2. The van der Waals surface area contributed by atoms with Gasteiger partial charge in [0.1, 0.15) is 5.78 Å². The van der Waals surface area contributed by atoms with E-state index < -0.39 is 5.60 Å². The van der Waals surface area contributed by atoms with E-state index in [0.29, 0.717) is 17.1 Å². The van der Waals surface area contributed by atoms with Crippen LogP contribution in [0.15, 0.2) is 0 Å². The van der Waals surface area contributed by atoms with Gasteiger partial charge in [0.2, 0.25) is 0 Å². The van der Waals surface area contributed by atoms with Crippen molar-refractivity contribution in [2.45, 2.75) is 98.0 Å². The summed E-state index contributed by atoms with van der Waals surface area (Å²) in [5.41, 5.74) is 0.177. The summed E-state index contributed by atoms with van der Waals surface area (Å²) in [6, 6.07) is 0. The predicted octanol–water partition coefficient (Wildman–Crippen LogP) is 5.38. The van der Waals surface area contributed by atoms with Gasteiger partial charge in [0, 0.05) is 5.92 Å². The van der Waals surface area contributed by atoms with Crippen LogP contribution in [-0.4, -0.2) is 16.5 Å². The van der Waals surface area contributed by atoms with Gasteiger partial charge in [-0.25, -0.2) is 0 Å². The average Bonchev–Trinajstić information content (AvgIpc) is 2.85. The number of hydrogen-bond donors (Lipinski definition) is 1. The molecule has 0 radical (unpaired) electrons. The number of ketones is 1. The van der Waals surface area contributed by atoms with Gasteiger partial charge in [-0.2, -0.15) is 0 Å². The molecule has 0 spiro atoms. The van der Waals surface area contributed by atoms with Gasteiger partial charge < -0.3 is 5.11 Å². The number of fused-ring (bicyclic) bond motifs is 1. The second-order valence-electron chi connectivity index (χ2n) is 10.3. The number of aliphatic hydroxyl groups is 1. The molecule has 2 heteroatoms. The summed E-state index contributed by atoms with van der Waals surface area (Å²) in [6.07, 6.45) is 10.5. The predicted molar refractivity (Wildman–Crippen MR) is 98.7 cm³/mol. The van der Waals surface area contributed by atoms with Crippen LogP contribution in [-0.2, 0) is 4.79 Å². The molecule has 3 rings (SSSR count). The van der Waals surface area contributed by atoms with Crippen LogP contribution in [0.25, 0.3) is 0 Å². The monoisotopic (exact) mass is 334 g/mol. The zero-order valence-electron chi connectivity index (χ0n) is 16.5. The maximum Gasteiger partial charge on any atom is 0.133 e. The quantitative estimate of drug-likeness (QED) is 0.753. The first-order valence-electron chi connectivity index (χ1n) is 10.3. The highest BCUT2D eigenvalue weighted by Crippen LogP contribution is 2.61. The SMILES string of the molecule is CC[C@]1(C)C(C(C)=O)CC[C@H]1[C@@H]1CC[C@H]2C[C@](C)(O)CC[C@]2(C)C1. The molecule has 0 aromatic heterocycles. The van der Waals surface area contributed by atoms with Crippen LogP contribution in [0.3, 0.4) is 0 Å². The summed E-state index contributed by atoms with van der Waals surface area (Å²) < 4.78 is 0. The lowest BCUT2D eigenvalue weighted by Crippen LogP contribution is -2.47.